The number of hydrogen-bond acceptors (Lipinski definition) is 3. The van der Waals surface area contributed by atoms with Gasteiger partial charge in [0.15, 0.2) is 5.11 Å². The van der Waals surface area contributed by atoms with Crippen molar-refractivity contribution in [2.24, 2.45) is 5.10 Å². The fourth-order valence-corrected chi connectivity index (χ4v) is 1.72. The maximum absolute atomic E-state index is 12.8. The summed E-state index contributed by atoms with van der Waals surface area (Å²) in [4.78, 5) is 0. The Morgan fingerprint density at radius 1 is 1.14 bits per heavy atom. The minimum atomic E-state index is -0.294. The highest BCUT2D eigenvalue weighted by molar-refractivity contribution is 7.80. The second-order valence-corrected chi connectivity index (χ2v) is 4.51. The first-order valence-corrected chi connectivity index (χ1v) is 6.58. The molecule has 6 heteroatoms. The normalized spacial score (nSPS) is 10.4. The Bertz CT molecular complexity index is 626. The number of nitrogens with one attached hydrogen (secondary N) is 2. The van der Waals surface area contributed by atoms with Crippen LogP contribution in [0.25, 0.3) is 0 Å². The molecular formula is C15H14FN3OS. The van der Waals surface area contributed by atoms with E-state index in [1.54, 1.807) is 25.5 Å². The average molecular weight is 303 g/mol. The Morgan fingerprint density at radius 3 is 2.43 bits per heavy atom. The van der Waals surface area contributed by atoms with E-state index in [0.717, 1.165) is 11.3 Å². The van der Waals surface area contributed by atoms with Crippen molar-refractivity contribution >= 4 is 29.2 Å². The number of anilines is 1. The first kappa shape index (κ1) is 14.9. The molecule has 0 spiro atoms. The molecule has 0 aliphatic carbocycles. The Hall–Kier alpha value is -2.47. The number of hydrazone groups is 1. The monoisotopic (exact) mass is 303 g/mol. The minimum Gasteiger partial charge on any atom is -0.497 e. The van der Waals surface area contributed by atoms with Gasteiger partial charge in [0.1, 0.15) is 11.6 Å². The van der Waals surface area contributed by atoms with Gasteiger partial charge in [-0.05, 0) is 66.3 Å². The molecule has 0 bridgehead atoms. The van der Waals surface area contributed by atoms with Gasteiger partial charge in [0, 0.05) is 5.69 Å². The molecule has 0 amide bonds. The van der Waals surface area contributed by atoms with E-state index in [0.29, 0.717) is 10.8 Å². The summed E-state index contributed by atoms with van der Waals surface area (Å²) in [6, 6.07) is 13.3. The smallest absolute Gasteiger partial charge is 0.191 e. The summed E-state index contributed by atoms with van der Waals surface area (Å²) in [6.07, 6.45) is 1.64. The Balaban J connectivity index is 1.85. The van der Waals surface area contributed by atoms with Crippen LogP contribution in [0, 0.1) is 5.82 Å². The molecule has 2 N–H and O–H groups in total. The van der Waals surface area contributed by atoms with Crippen LogP contribution in [0.3, 0.4) is 0 Å². The van der Waals surface area contributed by atoms with E-state index in [4.69, 9.17) is 17.0 Å². The lowest BCUT2D eigenvalue weighted by molar-refractivity contribution is 0.415. The van der Waals surface area contributed by atoms with Gasteiger partial charge in [-0.1, -0.05) is 0 Å². The van der Waals surface area contributed by atoms with Crippen molar-refractivity contribution in [1.29, 1.82) is 0 Å². The fraction of sp³-hybridized carbons (Fsp3) is 0.0667. The van der Waals surface area contributed by atoms with E-state index in [-0.39, 0.29) is 5.82 Å². The van der Waals surface area contributed by atoms with Crippen LogP contribution in [0.2, 0.25) is 0 Å². The molecule has 0 aliphatic heterocycles. The molecule has 0 heterocycles. The molecule has 2 rings (SSSR count). The summed E-state index contributed by atoms with van der Waals surface area (Å²) < 4.78 is 17.8. The zero-order chi connectivity index (χ0) is 15.1. The van der Waals surface area contributed by atoms with Crippen LogP contribution in [0.15, 0.2) is 53.6 Å². The summed E-state index contributed by atoms with van der Waals surface area (Å²) in [7, 11) is 1.62. The molecule has 0 radical (unpaired) electrons. The van der Waals surface area contributed by atoms with Crippen LogP contribution in [-0.4, -0.2) is 18.4 Å². The fourth-order valence-electron chi connectivity index (χ4n) is 1.55. The van der Waals surface area contributed by atoms with Gasteiger partial charge >= 0.3 is 0 Å². The number of methoxy groups -OCH3 is 1. The number of rotatable bonds is 4. The molecule has 0 aliphatic rings. The molecule has 4 nitrogen and oxygen atoms in total. The molecule has 2 aromatic carbocycles. The Labute approximate surface area is 127 Å². The summed E-state index contributed by atoms with van der Waals surface area (Å²) in [6.45, 7) is 0. The van der Waals surface area contributed by atoms with Crippen molar-refractivity contribution < 1.29 is 9.13 Å². The first-order chi connectivity index (χ1) is 10.2. The van der Waals surface area contributed by atoms with Gasteiger partial charge in [-0.15, -0.1) is 0 Å². The van der Waals surface area contributed by atoms with E-state index in [9.17, 15) is 4.39 Å². The molecule has 0 unspecified atom stereocenters. The summed E-state index contributed by atoms with van der Waals surface area (Å²) in [5, 5.41) is 7.24. The van der Waals surface area contributed by atoms with Crippen LogP contribution in [-0.2, 0) is 0 Å². The zero-order valence-corrected chi connectivity index (χ0v) is 12.2. The topological polar surface area (TPSA) is 45.6 Å². The molecule has 0 saturated carbocycles. The van der Waals surface area contributed by atoms with Gasteiger partial charge in [0.25, 0.3) is 0 Å². The Kier molecular flexibility index (Phi) is 5.22. The maximum Gasteiger partial charge on any atom is 0.191 e. The highest BCUT2D eigenvalue weighted by Crippen LogP contribution is 2.10. The number of hydrogen-bond donors (Lipinski definition) is 2. The van der Waals surface area contributed by atoms with E-state index < -0.39 is 0 Å². The SMILES string of the molecule is COc1ccc(/C=N/NC(=S)Nc2ccc(F)cc2)cc1. The van der Waals surface area contributed by atoms with Gasteiger partial charge < -0.3 is 10.1 Å². The molecule has 21 heavy (non-hydrogen) atoms. The van der Waals surface area contributed by atoms with E-state index in [1.807, 2.05) is 24.3 Å². The van der Waals surface area contributed by atoms with Crippen molar-refractivity contribution in [2.75, 3.05) is 12.4 Å². The molecule has 108 valence electrons. The predicted octanol–water partition coefficient (Wildman–Crippen LogP) is 3.15. The molecule has 0 fully saturated rings. The average Bonchev–Trinajstić information content (AvgIpc) is 2.50. The number of thiocarbonyl (C=S) groups is 1. The highest BCUT2D eigenvalue weighted by atomic mass is 32.1. The van der Waals surface area contributed by atoms with Crippen LogP contribution in [0.5, 0.6) is 5.75 Å². The second kappa shape index (κ2) is 7.35. The van der Waals surface area contributed by atoms with Gasteiger partial charge in [-0.3, -0.25) is 5.43 Å². The van der Waals surface area contributed by atoms with Gasteiger partial charge in [0.2, 0.25) is 0 Å². The van der Waals surface area contributed by atoms with Crippen LogP contribution in [0.1, 0.15) is 5.56 Å². The third-order valence-electron chi connectivity index (χ3n) is 2.60. The van der Waals surface area contributed by atoms with E-state index in [2.05, 4.69) is 15.8 Å². The van der Waals surface area contributed by atoms with E-state index >= 15 is 0 Å². The van der Waals surface area contributed by atoms with E-state index in [1.165, 1.54) is 12.1 Å². The second-order valence-electron chi connectivity index (χ2n) is 4.10. The predicted molar refractivity (Wildman–Crippen MR) is 86.3 cm³/mol. The number of benzene rings is 2. The van der Waals surface area contributed by atoms with Crippen molar-refractivity contribution in [3.8, 4) is 5.75 Å². The molecule has 0 saturated heterocycles. The van der Waals surface area contributed by atoms with Crippen molar-refractivity contribution in [3.05, 3.63) is 59.9 Å². The zero-order valence-electron chi connectivity index (χ0n) is 11.3. The maximum atomic E-state index is 12.8. The van der Waals surface area contributed by atoms with Crippen molar-refractivity contribution in [1.82, 2.24) is 5.43 Å². The Morgan fingerprint density at radius 2 is 1.81 bits per heavy atom. The highest BCUT2D eigenvalue weighted by Gasteiger charge is 1.96. The first-order valence-electron chi connectivity index (χ1n) is 6.17. The molecule has 0 aromatic heterocycles. The molecule has 0 atom stereocenters. The number of halogens is 1. The lowest BCUT2D eigenvalue weighted by Crippen LogP contribution is -2.23. The standard InChI is InChI=1S/C15H14FN3OS/c1-20-14-8-2-11(3-9-14)10-17-19-15(21)18-13-6-4-12(16)5-7-13/h2-10H,1H3,(H2,18,19,21)/b17-10+. The summed E-state index contributed by atoms with van der Waals surface area (Å²) in [5.74, 6) is 0.491. The summed E-state index contributed by atoms with van der Waals surface area (Å²) >= 11 is 5.07. The number of nitrogens with zero attached hydrogens (tertiary/aromatic N) is 1. The lowest BCUT2D eigenvalue weighted by atomic mass is 10.2. The van der Waals surface area contributed by atoms with Gasteiger partial charge in [-0.25, -0.2) is 4.39 Å². The van der Waals surface area contributed by atoms with Crippen LogP contribution in [0.4, 0.5) is 10.1 Å². The lowest BCUT2D eigenvalue weighted by Gasteiger charge is -2.06. The third-order valence-corrected chi connectivity index (χ3v) is 2.79. The van der Waals surface area contributed by atoms with Crippen molar-refractivity contribution in [3.63, 3.8) is 0 Å². The molecule has 2 aromatic rings. The largest absolute Gasteiger partial charge is 0.497 e. The molecular weight excluding hydrogens is 289 g/mol. The van der Waals surface area contributed by atoms with Crippen LogP contribution >= 0.6 is 12.2 Å². The quantitative estimate of drug-likeness (QED) is 0.517. The van der Waals surface area contributed by atoms with Crippen molar-refractivity contribution in [2.45, 2.75) is 0 Å². The minimum absolute atomic E-state index is 0.294. The third kappa shape index (κ3) is 4.85. The number of ether oxygens (including phenoxy) is 1. The van der Waals surface area contributed by atoms with Gasteiger partial charge in [0.05, 0.1) is 13.3 Å². The van der Waals surface area contributed by atoms with Gasteiger partial charge in [-0.2, -0.15) is 5.10 Å². The van der Waals surface area contributed by atoms with Crippen LogP contribution < -0.4 is 15.5 Å². The summed E-state index contributed by atoms with van der Waals surface area (Å²) in [5.41, 5.74) is 4.29.